The van der Waals surface area contributed by atoms with Crippen LogP contribution in [0.25, 0.3) is 0 Å². The Morgan fingerprint density at radius 2 is 1.56 bits per heavy atom. The average molecular weight is 492 g/mol. The van der Waals surface area contributed by atoms with Gasteiger partial charge in [0, 0.05) is 37.1 Å². The fraction of sp³-hybridized carbons (Fsp3) is 0.440. The van der Waals surface area contributed by atoms with Crippen molar-refractivity contribution in [1.82, 2.24) is 16.0 Å². The largest absolute Gasteiger partial charge is 0.491 e. The van der Waals surface area contributed by atoms with Gasteiger partial charge in [0.15, 0.2) is 6.61 Å². The average Bonchev–Trinajstić information content (AvgIpc) is 2.82. The maximum absolute atomic E-state index is 11.9. The number of ether oxygens (including phenoxy) is 2. The first-order chi connectivity index (χ1) is 16.3. The van der Waals surface area contributed by atoms with Crippen LogP contribution < -0.4 is 25.4 Å². The summed E-state index contributed by atoms with van der Waals surface area (Å²) in [7, 11) is 0. The topological polar surface area (TPSA) is 109 Å². The normalized spacial score (nSPS) is 11.7. The predicted octanol–water partition coefficient (Wildman–Crippen LogP) is 2.18. The zero-order valence-corrected chi connectivity index (χ0v) is 20.4. The Kier molecular flexibility index (Phi) is 12.2. The van der Waals surface area contributed by atoms with Crippen LogP contribution in [-0.2, 0) is 16.0 Å². The van der Waals surface area contributed by atoms with Crippen LogP contribution in [0.15, 0.2) is 48.5 Å². The van der Waals surface area contributed by atoms with E-state index in [-0.39, 0.29) is 30.9 Å². The highest BCUT2D eigenvalue weighted by molar-refractivity contribution is 6.30. The third-order valence-corrected chi connectivity index (χ3v) is 5.04. The number of halogens is 1. The molecule has 186 valence electrons. The number of aliphatic hydroxyl groups excluding tert-OH is 1. The Morgan fingerprint density at radius 3 is 2.24 bits per heavy atom. The summed E-state index contributed by atoms with van der Waals surface area (Å²) >= 11 is 5.82. The molecule has 2 aromatic carbocycles. The number of benzene rings is 2. The van der Waals surface area contributed by atoms with Crippen molar-refractivity contribution in [3.63, 3.8) is 0 Å². The van der Waals surface area contributed by atoms with Crippen LogP contribution in [0.3, 0.4) is 0 Å². The number of rotatable bonds is 15. The van der Waals surface area contributed by atoms with Crippen molar-refractivity contribution in [1.29, 1.82) is 0 Å². The van der Waals surface area contributed by atoms with Crippen LogP contribution in [0.4, 0.5) is 0 Å². The summed E-state index contributed by atoms with van der Waals surface area (Å²) in [4.78, 5) is 23.4. The number of hydrogen-bond donors (Lipinski definition) is 4. The second-order valence-corrected chi connectivity index (χ2v) is 8.54. The lowest BCUT2D eigenvalue weighted by molar-refractivity contribution is -0.124. The van der Waals surface area contributed by atoms with E-state index >= 15 is 0 Å². The van der Waals surface area contributed by atoms with Crippen LogP contribution >= 0.6 is 11.6 Å². The summed E-state index contributed by atoms with van der Waals surface area (Å²) in [5, 5.41) is 19.4. The van der Waals surface area contributed by atoms with E-state index in [2.05, 4.69) is 16.0 Å². The van der Waals surface area contributed by atoms with E-state index in [0.29, 0.717) is 49.1 Å². The lowest BCUT2D eigenvalue weighted by Crippen LogP contribution is -2.38. The van der Waals surface area contributed by atoms with E-state index in [4.69, 9.17) is 21.1 Å². The van der Waals surface area contributed by atoms with E-state index < -0.39 is 6.10 Å². The minimum Gasteiger partial charge on any atom is -0.491 e. The standard InChI is InChI=1S/C25H34ClN3O5/c1-18(2)25(32)29-14-13-27-15-21(30)16-33-22-7-3-19(4-8-22)11-12-28-24(31)17-34-23-9-5-20(26)6-10-23/h3-10,18,21,27,30H,11-17H2,1-2H3,(H,28,31)(H,29,32). The predicted molar refractivity (Wildman–Crippen MR) is 132 cm³/mol. The Labute approximate surface area is 206 Å². The van der Waals surface area contributed by atoms with E-state index in [1.807, 2.05) is 38.1 Å². The Bertz CT molecular complexity index is 875. The lowest BCUT2D eigenvalue weighted by Gasteiger charge is -2.14. The Morgan fingerprint density at radius 1 is 0.912 bits per heavy atom. The maximum Gasteiger partial charge on any atom is 0.257 e. The molecule has 1 unspecified atom stereocenters. The van der Waals surface area contributed by atoms with E-state index in [1.54, 1.807) is 24.3 Å². The molecule has 0 spiro atoms. The second kappa shape index (κ2) is 15.2. The van der Waals surface area contributed by atoms with Gasteiger partial charge in [-0.1, -0.05) is 37.6 Å². The van der Waals surface area contributed by atoms with Crippen molar-refractivity contribution in [3.05, 3.63) is 59.1 Å². The molecule has 0 heterocycles. The molecule has 8 nitrogen and oxygen atoms in total. The first kappa shape index (κ1) is 27.4. The molecule has 4 N–H and O–H groups in total. The van der Waals surface area contributed by atoms with Crippen molar-refractivity contribution in [2.24, 2.45) is 5.92 Å². The summed E-state index contributed by atoms with van der Waals surface area (Å²) in [6.45, 7) is 5.75. The monoisotopic (exact) mass is 491 g/mol. The van der Waals surface area contributed by atoms with Gasteiger partial charge in [0.1, 0.15) is 24.2 Å². The Balaban J connectivity index is 1.55. The van der Waals surface area contributed by atoms with E-state index in [0.717, 1.165) is 5.56 Å². The minimum absolute atomic E-state index is 0.0136. The number of carbonyl (C=O) groups is 2. The molecular formula is C25H34ClN3O5. The van der Waals surface area contributed by atoms with Crippen molar-refractivity contribution >= 4 is 23.4 Å². The van der Waals surface area contributed by atoms with E-state index in [9.17, 15) is 14.7 Å². The van der Waals surface area contributed by atoms with Gasteiger partial charge in [-0.25, -0.2) is 0 Å². The first-order valence-corrected chi connectivity index (χ1v) is 11.7. The summed E-state index contributed by atoms with van der Waals surface area (Å²) in [6.07, 6.45) is 0.0122. The molecule has 34 heavy (non-hydrogen) atoms. The molecule has 2 rings (SSSR count). The minimum atomic E-state index is -0.661. The quantitative estimate of drug-likeness (QED) is 0.284. The summed E-state index contributed by atoms with van der Waals surface area (Å²) in [5.74, 6) is 1.03. The summed E-state index contributed by atoms with van der Waals surface area (Å²) in [5.41, 5.74) is 1.05. The second-order valence-electron chi connectivity index (χ2n) is 8.10. The number of amides is 2. The zero-order valence-electron chi connectivity index (χ0n) is 19.7. The van der Waals surface area contributed by atoms with Gasteiger partial charge >= 0.3 is 0 Å². The highest BCUT2D eigenvalue weighted by Crippen LogP contribution is 2.15. The molecule has 2 amide bonds. The maximum atomic E-state index is 11.9. The van der Waals surface area contributed by atoms with Crippen LogP contribution in [0, 0.1) is 5.92 Å². The SMILES string of the molecule is CC(C)C(=O)NCCNCC(O)COc1ccc(CCNC(=O)COc2ccc(Cl)cc2)cc1. The van der Waals surface area contributed by atoms with Gasteiger partial charge in [0.05, 0.1) is 0 Å². The van der Waals surface area contributed by atoms with Gasteiger partial charge in [0.2, 0.25) is 5.91 Å². The van der Waals surface area contributed by atoms with Crippen molar-refractivity contribution in [2.75, 3.05) is 39.4 Å². The smallest absolute Gasteiger partial charge is 0.257 e. The molecule has 9 heteroatoms. The van der Waals surface area contributed by atoms with Crippen LogP contribution in [0.1, 0.15) is 19.4 Å². The highest BCUT2D eigenvalue weighted by Gasteiger charge is 2.07. The van der Waals surface area contributed by atoms with Gasteiger partial charge in [-0.3, -0.25) is 9.59 Å². The van der Waals surface area contributed by atoms with Gasteiger partial charge in [-0.05, 0) is 48.4 Å². The molecule has 0 aromatic heterocycles. The number of hydrogen-bond acceptors (Lipinski definition) is 6. The van der Waals surface area contributed by atoms with Crippen LogP contribution in [-0.4, -0.2) is 62.4 Å². The van der Waals surface area contributed by atoms with Gasteiger partial charge in [0.25, 0.3) is 5.91 Å². The molecule has 1 atom stereocenters. The van der Waals surface area contributed by atoms with Crippen molar-refractivity contribution < 1.29 is 24.2 Å². The first-order valence-electron chi connectivity index (χ1n) is 11.4. The third-order valence-electron chi connectivity index (χ3n) is 4.79. The van der Waals surface area contributed by atoms with Crippen LogP contribution in [0.5, 0.6) is 11.5 Å². The zero-order chi connectivity index (χ0) is 24.8. The fourth-order valence-corrected chi connectivity index (χ4v) is 2.95. The molecule has 0 fully saturated rings. The summed E-state index contributed by atoms with van der Waals surface area (Å²) < 4.78 is 11.0. The van der Waals surface area contributed by atoms with Crippen molar-refractivity contribution in [3.8, 4) is 11.5 Å². The van der Waals surface area contributed by atoms with Crippen LogP contribution in [0.2, 0.25) is 5.02 Å². The molecule has 0 aliphatic rings. The molecule has 0 aliphatic heterocycles. The van der Waals surface area contributed by atoms with Gasteiger partial charge in [-0.15, -0.1) is 0 Å². The van der Waals surface area contributed by atoms with Gasteiger partial charge < -0.3 is 30.5 Å². The molecular weight excluding hydrogens is 458 g/mol. The molecule has 0 radical (unpaired) electrons. The molecule has 0 saturated heterocycles. The molecule has 0 bridgehead atoms. The number of aliphatic hydroxyl groups is 1. The lowest BCUT2D eigenvalue weighted by atomic mass is 10.1. The van der Waals surface area contributed by atoms with Gasteiger partial charge in [-0.2, -0.15) is 0 Å². The Hall–Kier alpha value is -2.81. The summed E-state index contributed by atoms with van der Waals surface area (Å²) in [6, 6.07) is 14.4. The molecule has 2 aromatic rings. The molecule has 0 aliphatic carbocycles. The third kappa shape index (κ3) is 11.4. The number of carbonyl (C=O) groups excluding carboxylic acids is 2. The van der Waals surface area contributed by atoms with Crippen molar-refractivity contribution in [2.45, 2.75) is 26.4 Å². The highest BCUT2D eigenvalue weighted by atomic mass is 35.5. The number of nitrogens with one attached hydrogen (secondary N) is 3. The fourth-order valence-electron chi connectivity index (χ4n) is 2.83. The van der Waals surface area contributed by atoms with E-state index in [1.165, 1.54) is 0 Å². The molecule has 0 saturated carbocycles.